The number of carbonyl (C=O) groups is 4. The van der Waals surface area contributed by atoms with Crippen LogP contribution in [0.5, 0.6) is 0 Å². The van der Waals surface area contributed by atoms with Crippen LogP contribution in [-0.2, 0) is 19.2 Å². The van der Waals surface area contributed by atoms with Gasteiger partial charge in [0.1, 0.15) is 18.1 Å². The Kier molecular flexibility index (Phi) is 16.0. The van der Waals surface area contributed by atoms with Crippen LogP contribution in [0.15, 0.2) is 9.98 Å². The molecule has 218 valence electrons. The van der Waals surface area contributed by atoms with E-state index in [1.54, 1.807) is 6.92 Å². The number of carboxylic acid groups (broad SMARTS) is 1. The van der Waals surface area contributed by atoms with E-state index in [-0.39, 0.29) is 50.2 Å². The van der Waals surface area contributed by atoms with E-state index in [0.717, 1.165) is 0 Å². The Bertz CT molecular complexity index is 842. The molecule has 0 rings (SSSR count). The van der Waals surface area contributed by atoms with Crippen LogP contribution in [0.4, 0.5) is 0 Å². The number of rotatable bonds is 18. The largest absolute Gasteiger partial charge is 0.480 e. The van der Waals surface area contributed by atoms with Gasteiger partial charge >= 0.3 is 5.97 Å². The van der Waals surface area contributed by atoms with Gasteiger partial charge in [-0.15, -0.1) is 0 Å². The Hall–Kier alpha value is -3.66. The zero-order chi connectivity index (χ0) is 29.4. The maximum Gasteiger partial charge on any atom is 0.326 e. The highest BCUT2D eigenvalue weighted by Gasteiger charge is 2.34. The van der Waals surface area contributed by atoms with Gasteiger partial charge in [-0.3, -0.25) is 24.4 Å². The fraction of sp³-hybridized carbons (Fsp3) is 0.727. The van der Waals surface area contributed by atoms with Crippen LogP contribution in [0, 0.1) is 5.92 Å². The lowest BCUT2D eigenvalue weighted by atomic mass is 9.96. The van der Waals surface area contributed by atoms with Crippen LogP contribution < -0.4 is 44.6 Å². The minimum Gasteiger partial charge on any atom is -0.480 e. The molecule has 0 aromatic carbocycles. The highest BCUT2D eigenvalue weighted by atomic mass is 16.4. The normalized spacial score (nSPS) is 15.5. The summed E-state index contributed by atoms with van der Waals surface area (Å²) in [6.07, 6.45) is 0.0886. The maximum absolute atomic E-state index is 13.1. The molecule has 0 radical (unpaired) electrons. The predicted octanol–water partition coefficient (Wildman–Crippen LogP) is -3.61. The lowest BCUT2D eigenvalue weighted by molar-refractivity contribution is -0.143. The molecule has 0 aliphatic rings. The van der Waals surface area contributed by atoms with Crippen LogP contribution in [0.3, 0.4) is 0 Å². The van der Waals surface area contributed by atoms with Crippen molar-refractivity contribution in [2.45, 2.75) is 83.1 Å². The number of nitrogens with zero attached hydrogens (tertiary/aromatic N) is 2. The van der Waals surface area contributed by atoms with Gasteiger partial charge in [0.2, 0.25) is 17.7 Å². The number of hydrogen-bond donors (Lipinski definition) is 10. The number of amides is 3. The van der Waals surface area contributed by atoms with Gasteiger partial charge in [-0.05, 0) is 38.5 Å². The number of aliphatic hydroxyl groups excluding tert-OH is 1. The van der Waals surface area contributed by atoms with Crippen molar-refractivity contribution in [3.05, 3.63) is 0 Å². The fourth-order valence-corrected chi connectivity index (χ4v) is 3.28. The second-order valence-corrected chi connectivity index (χ2v) is 9.00. The van der Waals surface area contributed by atoms with Crippen molar-refractivity contribution in [1.29, 1.82) is 0 Å². The van der Waals surface area contributed by atoms with E-state index >= 15 is 0 Å². The molecule has 38 heavy (non-hydrogen) atoms. The standard InChI is InChI=1S/C22H44N10O6/c1-4-11(2)15(31-17(34)13(23)7-5-9-28-21(24)25)18(35)32-16(12(3)33)19(36)30-14(20(37)38)8-6-10-29-22(26)27/h11-16,33H,4-10,23H2,1-3H3,(H,30,36)(H,31,34)(H,32,35)(H,37,38)(H4,24,25,28)(H4,26,27,29). The SMILES string of the molecule is CCC(C)C(NC(=O)C(N)CCCN=C(N)N)C(=O)NC(C(=O)NC(CCCN=C(N)N)C(=O)O)C(C)O. The molecule has 0 heterocycles. The average Bonchev–Trinajstić information content (AvgIpc) is 2.83. The number of aliphatic imine (C=N–C) groups is 2. The van der Waals surface area contributed by atoms with E-state index in [0.29, 0.717) is 12.8 Å². The molecule has 15 N–H and O–H groups in total. The number of aliphatic hydroxyl groups is 1. The van der Waals surface area contributed by atoms with Crippen molar-refractivity contribution in [2.24, 2.45) is 44.6 Å². The molecule has 0 saturated heterocycles. The molecule has 0 spiro atoms. The number of nitrogens with one attached hydrogen (secondary N) is 3. The van der Waals surface area contributed by atoms with Gasteiger partial charge in [-0.25, -0.2) is 4.79 Å². The predicted molar refractivity (Wildman–Crippen MR) is 142 cm³/mol. The van der Waals surface area contributed by atoms with E-state index in [2.05, 4.69) is 25.9 Å². The van der Waals surface area contributed by atoms with Crippen molar-refractivity contribution >= 4 is 35.6 Å². The molecule has 0 aromatic heterocycles. The van der Waals surface area contributed by atoms with Crippen molar-refractivity contribution in [3.8, 4) is 0 Å². The third-order valence-corrected chi connectivity index (χ3v) is 5.72. The molecule has 16 nitrogen and oxygen atoms in total. The molecule has 6 atom stereocenters. The number of nitrogens with two attached hydrogens (primary N) is 5. The van der Waals surface area contributed by atoms with Crippen molar-refractivity contribution in [3.63, 3.8) is 0 Å². The first-order chi connectivity index (χ1) is 17.7. The van der Waals surface area contributed by atoms with Gasteiger partial charge in [0.25, 0.3) is 0 Å². The molecule has 3 amide bonds. The molecular formula is C22H44N10O6. The van der Waals surface area contributed by atoms with E-state index in [4.69, 9.17) is 28.7 Å². The smallest absolute Gasteiger partial charge is 0.326 e. The number of guanidine groups is 2. The minimum absolute atomic E-state index is 0.00491. The zero-order valence-electron chi connectivity index (χ0n) is 22.2. The highest BCUT2D eigenvalue weighted by Crippen LogP contribution is 2.10. The molecule has 0 aromatic rings. The molecule has 6 unspecified atom stereocenters. The monoisotopic (exact) mass is 544 g/mol. The Morgan fingerprint density at radius 1 is 0.789 bits per heavy atom. The van der Waals surface area contributed by atoms with E-state index in [1.807, 2.05) is 6.92 Å². The Labute approximate surface area is 222 Å². The number of carbonyl (C=O) groups excluding carboxylic acids is 3. The number of aliphatic carboxylic acids is 1. The number of hydrogen-bond acceptors (Lipinski definition) is 8. The van der Waals surface area contributed by atoms with Crippen LogP contribution >= 0.6 is 0 Å². The Balaban J connectivity index is 5.35. The third-order valence-electron chi connectivity index (χ3n) is 5.72. The highest BCUT2D eigenvalue weighted by molar-refractivity contribution is 5.94. The topological polar surface area (TPSA) is 300 Å². The summed E-state index contributed by atoms with van der Waals surface area (Å²) in [5, 5.41) is 26.9. The minimum atomic E-state index is -1.49. The summed E-state index contributed by atoms with van der Waals surface area (Å²) in [5.41, 5.74) is 26.9. The van der Waals surface area contributed by atoms with Gasteiger partial charge in [-0.2, -0.15) is 0 Å². The van der Waals surface area contributed by atoms with Gasteiger partial charge < -0.3 is 54.8 Å². The second-order valence-electron chi connectivity index (χ2n) is 9.00. The van der Waals surface area contributed by atoms with Gasteiger partial charge in [-0.1, -0.05) is 20.3 Å². The van der Waals surface area contributed by atoms with Gasteiger partial charge in [0.05, 0.1) is 12.1 Å². The van der Waals surface area contributed by atoms with E-state index in [1.165, 1.54) is 6.92 Å². The average molecular weight is 545 g/mol. The van der Waals surface area contributed by atoms with Crippen LogP contribution in [-0.4, -0.2) is 89.2 Å². The first-order valence-electron chi connectivity index (χ1n) is 12.4. The van der Waals surface area contributed by atoms with E-state index < -0.39 is 54.0 Å². The summed E-state index contributed by atoms with van der Waals surface area (Å²) in [4.78, 5) is 57.7. The second kappa shape index (κ2) is 17.7. The summed E-state index contributed by atoms with van der Waals surface area (Å²) in [7, 11) is 0. The number of carboxylic acids is 1. The molecule has 16 heteroatoms. The summed E-state index contributed by atoms with van der Waals surface area (Å²) < 4.78 is 0. The first-order valence-corrected chi connectivity index (χ1v) is 12.4. The summed E-state index contributed by atoms with van der Waals surface area (Å²) in [6.45, 7) is 5.25. The molecule has 0 fully saturated rings. The van der Waals surface area contributed by atoms with Crippen LogP contribution in [0.1, 0.15) is 52.9 Å². The third kappa shape index (κ3) is 13.6. The van der Waals surface area contributed by atoms with Crippen molar-refractivity contribution < 1.29 is 29.4 Å². The van der Waals surface area contributed by atoms with E-state index in [9.17, 15) is 29.4 Å². The quantitative estimate of drug-likeness (QED) is 0.0456. The van der Waals surface area contributed by atoms with Crippen LogP contribution in [0.25, 0.3) is 0 Å². The van der Waals surface area contributed by atoms with Gasteiger partial charge in [0.15, 0.2) is 11.9 Å². The summed E-state index contributed by atoms with van der Waals surface area (Å²) in [6, 6.07) is -4.80. The lowest BCUT2D eigenvalue weighted by Crippen LogP contribution is -2.61. The summed E-state index contributed by atoms with van der Waals surface area (Å²) >= 11 is 0. The maximum atomic E-state index is 13.1. The molecule has 0 aliphatic heterocycles. The Morgan fingerprint density at radius 3 is 1.71 bits per heavy atom. The lowest BCUT2D eigenvalue weighted by Gasteiger charge is -2.29. The van der Waals surface area contributed by atoms with Crippen molar-refractivity contribution in [2.75, 3.05) is 13.1 Å². The first kappa shape index (κ1) is 34.3. The summed E-state index contributed by atoms with van der Waals surface area (Å²) in [5.74, 6) is -4.11. The van der Waals surface area contributed by atoms with Gasteiger partial charge in [0, 0.05) is 13.1 Å². The molecule has 0 aliphatic carbocycles. The Morgan fingerprint density at radius 2 is 1.26 bits per heavy atom. The zero-order valence-corrected chi connectivity index (χ0v) is 22.2. The fourth-order valence-electron chi connectivity index (χ4n) is 3.28. The van der Waals surface area contributed by atoms with Crippen molar-refractivity contribution in [1.82, 2.24) is 16.0 Å². The molecule has 0 saturated carbocycles. The van der Waals surface area contributed by atoms with Crippen LogP contribution in [0.2, 0.25) is 0 Å². The molecular weight excluding hydrogens is 500 g/mol. The molecule has 0 bridgehead atoms.